The minimum Gasteiger partial charge on any atom is -0.494 e. The van der Waals surface area contributed by atoms with Gasteiger partial charge in [0.2, 0.25) is 5.91 Å². The maximum atomic E-state index is 13.3. The number of ether oxygens (including phenoxy) is 1. The number of benzene rings is 1. The van der Waals surface area contributed by atoms with Crippen LogP contribution in [0.1, 0.15) is 25.8 Å². The summed E-state index contributed by atoms with van der Waals surface area (Å²) < 4.78 is 18.2. The van der Waals surface area contributed by atoms with Crippen molar-refractivity contribution in [2.45, 2.75) is 26.8 Å². The summed E-state index contributed by atoms with van der Waals surface area (Å²) in [5.41, 5.74) is 0.723. The summed E-state index contributed by atoms with van der Waals surface area (Å²) in [6.45, 7) is 4.30. The summed E-state index contributed by atoms with van der Waals surface area (Å²) in [6.07, 6.45) is 0.485. The number of amides is 1. The lowest BCUT2D eigenvalue weighted by atomic mass is 10.1. The molecule has 3 nitrogen and oxygen atoms in total. The van der Waals surface area contributed by atoms with Crippen LogP contribution in [0.25, 0.3) is 0 Å². The quantitative estimate of drug-likeness (QED) is 0.857. The van der Waals surface area contributed by atoms with Crippen molar-refractivity contribution in [2.24, 2.45) is 5.92 Å². The average Bonchev–Trinajstić information content (AvgIpc) is 2.25. The second-order valence-electron chi connectivity index (χ2n) is 4.34. The van der Waals surface area contributed by atoms with Gasteiger partial charge in [-0.05, 0) is 23.6 Å². The summed E-state index contributed by atoms with van der Waals surface area (Å²) >= 11 is 0. The van der Waals surface area contributed by atoms with E-state index in [1.165, 1.54) is 13.2 Å². The molecule has 0 saturated carbocycles. The highest BCUT2D eigenvalue weighted by Crippen LogP contribution is 2.17. The van der Waals surface area contributed by atoms with Gasteiger partial charge in [0.15, 0.2) is 11.6 Å². The molecule has 0 fully saturated rings. The molecule has 17 heavy (non-hydrogen) atoms. The summed E-state index contributed by atoms with van der Waals surface area (Å²) in [4.78, 5) is 11.4. The first-order chi connectivity index (χ1) is 8.02. The number of hydrogen-bond acceptors (Lipinski definition) is 2. The molecule has 4 heteroatoms. The van der Waals surface area contributed by atoms with Gasteiger partial charge in [0.05, 0.1) is 7.11 Å². The topological polar surface area (TPSA) is 38.3 Å². The number of hydrogen-bond donors (Lipinski definition) is 1. The zero-order chi connectivity index (χ0) is 12.8. The third-order valence-corrected chi connectivity index (χ3v) is 2.30. The molecule has 0 spiro atoms. The SMILES string of the molecule is COc1ccc(CNC(=O)CC(C)C)cc1F. The molecule has 94 valence electrons. The van der Waals surface area contributed by atoms with Gasteiger partial charge in [-0.25, -0.2) is 4.39 Å². The van der Waals surface area contributed by atoms with Crippen molar-refractivity contribution in [3.8, 4) is 5.75 Å². The molecule has 1 aromatic rings. The lowest BCUT2D eigenvalue weighted by Crippen LogP contribution is -2.23. The van der Waals surface area contributed by atoms with Crippen LogP contribution in [0.5, 0.6) is 5.75 Å². The molecule has 0 aromatic heterocycles. The lowest BCUT2D eigenvalue weighted by Gasteiger charge is -2.08. The van der Waals surface area contributed by atoms with Gasteiger partial charge in [0, 0.05) is 13.0 Å². The Hall–Kier alpha value is -1.58. The van der Waals surface area contributed by atoms with E-state index in [4.69, 9.17) is 4.74 Å². The third-order valence-electron chi connectivity index (χ3n) is 2.30. The molecule has 0 aliphatic carbocycles. The number of carbonyl (C=O) groups excluding carboxylic acids is 1. The lowest BCUT2D eigenvalue weighted by molar-refractivity contribution is -0.121. The molecule has 0 bridgehead atoms. The Balaban J connectivity index is 2.52. The van der Waals surface area contributed by atoms with Gasteiger partial charge in [-0.3, -0.25) is 4.79 Å². The number of nitrogens with one attached hydrogen (secondary N) is 1. The van der Waals surface area contributed by atoms with Crippen LogP contribution in [-0.2, 0) is 11.3 Å². The number of methoxy groups -OCH3 is 1. The molecule has 0 aliphatic rings. The minimum absolute atomic E-state index is 0.0174. The highest BCUT2D eigenvalue weighted by Gasteiger charge is 2.06. The fraction of sp³-hybridized carbons (Fsp3) is 0.462. The summed E-state index contributed by atoms with van der Waals surface area (Å²) in [5.74, 6) is 0.101. The van der Waals surface area contributed by atoms with Crippen molar-refractivity contribution < 1.29 is 13.9 Å². The molecular formula is C13H18FNO2. The average molecular weight is 239 g/mol. The number of carbonyl (C=O) groups is 1. The molecule has 0 saturated heterocycles. The van der Waals surface area contributed by atoms with E-state index in [1.54, 1.807) is 12.1 Å². The van der Waals surface area contributed by atoms with E-state index in [1.807, 2.05) is 13.8 Å². The van der Waals surface area contributed by atoms with E-state index in [0.29, 0.717) is 18.9 Å². The fourth-order valence-electron chi connectivity index (χ4n) is 1.46. The Kier molecular flexibility index (Phi) is 4.94. The normalized spacial score (nSPS) is 10.4. The van der Waals surface area contributed by atoms with Crippen LogP contribution in [0.3, 0.4) is 0 Å². The zero-order valence-electron chi connectivity index (χ0n) is 10.4. The van der Waals surface area contributed by atoms with Crippen LogP contribution in [-0.4, -0.2) is 13.0 Å². The van der Waals surface area contributed by atoms with Gasteiger partial charge in [0.1, 0.15) is 0 Å². The van der Waals surface area contributed by atoms with Crippen molar-refractivity contribution in [3.05, 3.63) is 29.6 Å². The number of halogens is 1. The molecule has 0 heterocycles. The molecular weight excluding hydrogens is 221 g/mol. The van der Waals surface area contributed by atoms with Gasteiger partial charge in [-0.15, -0.1) is 0 Å². The molecule has 0 radical (unpaired) electrons. The van der Waals surface area contributed by atoms with E-state index in [-0.39, 0.29) is 11.7 Å². The predicted molar refractivity (Wildman–Crippen MR) is 64.3 cm³/mol. The van der Waals surface area contributed by atoms with Gasteiger partial charge >= 0.3 is 0 Å². The van der Waals surface area contributed by atoms with Crippen LogP contribution >= 0.6 is 0 Å². The van der Waals surface area contributed by atoms with Crippen LogP contribution in [0, 0.1) is 11.7 Å². The van der Waals surface area contributed by atoms with Crippen molar-refractivity contribution in [3.63, 3.8) is 0 Å². The van der Waals surface area contributed by atoms with Crippen molar-refractivity contribution in [1.82, 2.24) is 5.32 Å². The largest absolute Gasteiger partial charge is 0.494 e. The van der Waals surface area contributed by atoms with E-state index < -0.39 is 5.82 Å². The highest BCUT2D eigenvalue weighted by atomic mass is 19.1. The van der Waals surface area contributed by atoms with Crippen LogP contribution in [0.4, 0.5) is 4.39 Å². The molecule has 1 N–H and O–H groups in total. The van der Waals surface area contributed by atoms with Crippen LogP contribution in [0.15, 0.2) is 18.2 Å². The van der Waals surface area contributed by atoms with Gasteiger partial charge in [-0.2, -0.15) is 0 Å². The summed E-state index contributed by atoms with van der Waals surface area (Å²) in [7, 11) is 1.42. The maximum Gasteiger partial charge on any atom is 0.220 e. The van der Waals surface area contributed by atoms with Crippen molar-refractivity contribution in [1.29, 1.82) is 0 Å². The smallest absolute Gasteiger partial charge is 0.220 e. The Labute approximate surface area is 101 Å². The van der Waals surface area contributed by atoms with E-state index in [0.717, 1.165) is 5.56 Å². The summed E-state index contributed by atoms with van der Waals surface area (Å²) in [5, 5.41) is 2.75. The maximum absolute atomic E-state index is 13.3. The molecule has 0 atom stereocenters. The monoisotopic (exact) mass is 239 g/mol. The Morgan fingerprint density at radius 3 is 2.71 bits per heavy atom. The second-order valence-corrected chi connectivity index (χ2v) is 4.34. The fourth-order valence-corrected chi connectivity index (χ4v) is 1.46. The van der Waals surface area contributed by atoms with Crippen LogP contribution in [0.2, 0.25) is 0 Å². The first-order valence-electron chi connectivity index (χ1n) is 5.62. The van der Waals surface area contributed by atoms with Gasteiger partial charge in [0.25, 0.3) is 0 Å². The van der Waals surface area contributed by atoms with Crippen molar-refractivity contribution >= 4 is 5.91 Å². The third kappa shape index (κ3) is 4.43. The summed E-state index contributed by atoms with van der Waals surface area (Å²) in [6, 6.07) is 4.66. The molecule has 1 amide bonds. The predicted octanol–water partition coefficient (Wildman–Crippen LogP) is 2.50. The van der Waals surface area contributed by atoms with Gasteiger partial charge < -0.3 is 10.1 Å². The first-order valence-corrected chi connectivity index (χ1v) is 5.62. The minimum atomic E-state index is -0.414. The van der Waals surface area contributed by atoms with E-state index in [2.05, 4.69) is 5.32 Å². The molecule has 1 rings (SSSR count). The van der Waals surface area contributed by atoms with E-state index in [9.17, 15) is 9.18 Å². The number of rotatable bonds is 5. The zero-order valence-corrected chi connectivity index (χ0v) is 10.4. The Morgan fingerprint density at radius 2 is 2.18 bits per heavy atom. The standard InChI is InChI=1S/C13H18FNO2/c1-9(2)6-13(16)15-8-10-4-5-12(17-3)11(14)7-10/h4-5,7,9H,6,8H2,1-3H3,(H,15,16). The van der Waals surface area contributed by atoms with Gasteiger partial charge in [-0.1, -0.05) is 19.9 Å². The van der Waals surface area contributed by atoms with Crippen molar-refractivity contribution in [2.75, 3.05) is 7.11 Å². The molecule has 0 unspecified atom stereocenters. The van der Waals surface area contributed by atoms with E-state index >= 15 is 0 Å². The van der Waals surface area contributed by atoms with Crippen LogP contribution < -0.4 is 10.1 Å². The highest BCUT2D eigenvalue weighted by molar-refractivity contribution is 5.76. The Bertz CT molecular complexity index is 391. The molecule has 0 aliphatic heterocycles. The molecule has 1 aromatic carbocycles. The Morgan fingerprint density at radius 1 is 1.47 bits per heavy atom. The first kappa shape index (κ1) is 13.5. The second kappa shape index (κ2) is 6.23.